The molecule has 0 bridgehead atoms. The lowest BCUT2D eigenvalue weighted by molar-refractivity contribution is 0.768. The van der Waals surface area contributed by atoms with Gasteiger partial charge in [0.05, 0.1) is 11.1 Å². The summed E-state index contributed by atoms with van der Waals surface area (Å²) in [6.07, 6.45) is 0. The molecule has 0 amide bonds. The number of hydrogen-bond donors (Lipinski definition) is 0. The van der Waals surface area contributed by atoms with E-state index in [9.17, 15) is 0 Å². The molecule has 8 aromatic carbocycles. The minimum absolute atomic E-state index is 0.455. The van der Waals surface area contributed by atoms with E-state index < -0.39 is 5.41 Å². The lowest BCUT2D eigenvalue weighted by Crippen LogP contribution is -2.28. The largest absolute Gasteiger partial charge is 0.310 e. The van der Waals surface area contributed by atoms with Crippen LogP contribution in [-0.4, -0.2) is 0 Å². The van der Waals surface area contributed by atoms with Crippen molar-refractivity contribution in [2.75, 3.05) is 4.90 Å². The maximum absolute atomic E-state index is 2.46. The van der Waals surface area contributed by atoms with Crippen molar-refractivity contribution < 1.29 is 0 Å². The molecule has 1 aliphatic carbocycles. The van der Waals surface area contributed by atoms with Crippen molar-refractivity contribution in [1.82, 2.24) is 0 Å². The third-order valence-electron chi connectivity index (χ3n) is 9.68. The fourth-order valence-electron chi connectivity index (χ4n) is 7.72. The Bertz CT molecular complexity index is 2250. The number of rotatable bonds is 5. The van der Waals surface area contributed by atoms with Crippen molar-refractivity contribution in [2.45, 2.75) is 5.41 Å². The Morgan fingerprint density at radius 2 is 0.826 bits per heavy atom. The van der Waals surface area contributed by atoms with Gasteiger partial charge < -0.3 is 4.90 Å². The van der Waals surface area contributed by atoms with Crippen molar-refractivity contribution >= 4 is 38.6 Å². The predicted octanol–water partition coefficient (Wildman–Crippen LogP) is 11.8. The second-order valence-corrected chi connectivity index (χ2v) is 12.1. The molecule has 216 valence electrons. The van der Waals surface area contributed by atoms with Gasteiger partial charge >= 0.3 is 0 Å². The van der Waals surface area contributed by atoms with Crippen molar-refractivity contribution in [3.05, 3.63) is 210 Å². The number of benzene rings is 8. The van der Waals surface area contributed by atoms with E-state index in [1.54, 1.807) is 0 Å². The molecule has 46 heavy (non-hydrogen) atoms. The van der Waals surface area contributed by atoms with E-state index in [4.69, 9.17) is 0 Å². The smallest absolute Gasteiger partial charge is 0.0714 e. The Hall–Kier alpha value is -5.92. The topological polar surface area (TPSA) is 3.24 Å². The zero-order chi connectivity index (χ0) is 30.5. The fourth-order valence-corrected chi connectivity index (χ4v) is 7.72. The Morgan fingerprint density at radius 3 is 1.41 bits per heavy atom. The number of anilines is 3. The Labute approximate surface area is 269 Å². The van der Waals surface area contributed by atoms with Gasteiger partial charge in [-0.25, -0.2) is 0 Å². The first-order valence-electron chi connectivity index (χ1n) is 15.9. The lowest BCUT2D eigenvalue weighted by Gasteiger charge is -2.34. The van der Waals surface area contributed by atoms with Crippen LogP contribution in [0.25, 0.3) is 32.7 Å². The molecule has 1 nitrogen and oxygen atoms in total. The quantitative estimate of drug-likeness (QED) is 0.194. The number of nitrogens with zero attached hydrogens (tertiary/aromatic N) is 1. The minimum Gasteiger partial charge on any atom is -0.310 e. The number of hydrogen-bond acceptors (Lipinski definition) is 1. The van der Waals surface area contributed by atoms with Gasteiger partial charge in [-0.1, -0.05) is 158 Å². The van der Waals surface area contributed by atoms with Crippen LogP contribution in [-0.2, 0) is 5.41 Å². The van der Waals surface area contributed by atoms with Crippen molar-refractivity contribution in [2.24, 2.45) is 0 Å². The molecule has 0 heterocycles. The zero-order valence-electron chi connectivity index (χ0n) is 25.3. The maximum atomic E-state index is 2.46. The molecule has 0 fully saturated rings. The van der Waals surface area contributed by atoms with Crippen molar-refractivity contribution in [3.63, 3.8) is 0 Å². The molecule has 0 aromatic heterocycles. The Balaban J connectivity index is 1.38. The highest BCUT2D eigenvalue weighted by Crippen LogP contribution is 2.59. The van der Waals surface area contributed by atoms with E-state index >= 15 is 0 Å². The van der Waals surface area contributed by atoms with Gasteiger partial charge in [0.25, 0.3) is 0 Å². The minimum atomic E-state index is -0.455. The van der Waals surface area contributed by atoms with Gasteiger partial charge in [0, 0.05) is 16.9 Å². The van der Waals surface area contributed by atoms with Crippen molar-refractivity contribution in [3.8, 4) is 11.1 Å². The van der Waals surface area contributed by atoms with Gasteiger partial charge in [0.1, 0.15) is 0 Å². The molecule has 0 spiro atoms. The molecular weight excluding hydrogens is 555 g/mol. The summed E-state index contributed by atoms with van der Waals surface area (Å²) in [6, 6.07) is 68.9. The van der Waals surface area contributed by atoms with E-state index in [-0.39, 0.29) is 0 Å². The fraction of sp³-hybridized carbons (Fsp3) is 0.0222. The van der Waals surface area contributed by atoms with Crippen LogP contribution in [0.3, 0.4) is 0 Å². The average Bonchev–Trinajstić information content (AvgIpc) is 3.44. The Kier molecular flexibility index (Phi) is 6.11. The second-order valence-electron chi connectivity index (χ2n) is 12.1. The summed E-state index contributed by atoms with van der Waals surface area (Å²) < 4.78 is 0. The molecular formula is C45H31N. The highest BCUT2D eigenvalue weighted by atomic mass is 15.1. The normalized spacial score (nSPS) is 13.0. The average molecular weight is 586 g/mol. The van der Waals surface area contributed by atoms with E-state index in [1.165, 1.54) is 60.6 Å². The lowest BCUT2D eigenvalue weighted by atomic mass is 9.68. The van der Waals surface area contributed by atoms with Gasteiger partial charge in [-0.05, 0) is 79.7 Å². The summed E-state index contributed by atoms with van der Waals surface area (Å²) in [6.45, 7) is 0. The molecule has 1 aliphatic rings. The molecule has 0 saturated carbocycles. The molecule has 0 saturated heterocycles. The highest BCUT2D eigenvalue weighted by Gasteiger charge is 2.47. The van der Waals surface area contributed by atoms with Gasteiger partial charge in [-0.3, -0.25) is 0 Å². The molecule has 0 aliphatic heterocycles. The molecule has 0 atom stereocenters. The van der Waals surface area contributed by atoms with Crippen LogP contribution in [0.4, 0.5) is 17.1 Å². The first kappa shape index (κ1) is 26.5. The van der Waals surface area contributed by atoms with Crippen LogP contribution in [0, 0.1) is 0 Å². The highest BCUT2D eigenvalue weighted by molar-refractivity contribution is 6.00. The van der Waals surface area contributed by atoms with Crippen LogP contribution in [0.2, 0.25) is 0 Å². The van der Waals surface area contributed by atoms with Crippen LogP contribution in [0.15, 0.2) is 188 Å². The van der Waals surface area contributed by atoms with Gasteiger partial charge in [0.15, 0.2) is 0 Å². The molecule has 0 radical (unpaired) electrons. The van der Waals surface area contributed by atoms with Gasteiger partial charge in [-0.2, -0.15) is 0 Å². The van der Waals surface area contributed by atoms with E-state index in [2.05, 4.69) is 193 Å². The zero-order valence-corrected chi connectivity index (χ0v) is 25.3. The summed E-state index contributed by atoms with van der Waals surface area (Å²) >= 11 is 0. The van der Waals surface area contributed by atoms with Crippen LogP contribution in [0.1, 0.15) is 22.3 Å². The van der Waals surface area contributed by atoms with Gasteiger partial charge in [0.2, 0.25) is 0 Å². The summed E-state index contributed by atoms with van der Waals surface area (Å²) in [5.74, 6) is 0. The van der Waals surface area contributed by atoms with E-state index in [0.29, 0.717) is 0 Å². The predicted molar refractivity (Wildman–Crippen MR) is 193 cm³/mol. The summed E-state index contributed by atoms with van der Waals surface area (Å²) in [5, 5.41) is 4.92. The second kappa shape index (κ2) is 10.6. The van der Waals surface area contributed by atoms with Crippen LogP contribution < -0.4 is 4.90 Å². The monoisotopic (exact) mass is 585 g/mol. The molecule has 9 rings (SSSR count). The summed E-state index contributed by atoms with van der Waals surface area (Å²) in [5.41, 5.74) is 10.7. The summed E-state index contributed by atoms with van der Waals surface area (Å²) in [7, 11) is 0. The first-order chi connectivity index (χ1) is 22.8. The summed E-state index contributed by atoms with van der Waals surface area (Å²) in [4.78, 5) is 2.46. The molecule has 0 unspecified atom stereocenters. The third kappa shape index (κ3) is 3.95. The van der Waals surface area contributed by atoms with Gasteiger partial charge in [-0.15, -0.1) is 0 Å². The van der Waals surface area contributed by atoms with Crippen LogP contribution in [0.5, 0.6) is 0 Å². The first-order valence-corrected chi connectivity index (χ1v) is 15.9. The standard InChI is InChI=1S/C45H31N/c1-3-18-36(19-4-1)45(37-20-5-2-6-21-37)41-23-12-11-22-40(41)44-42(45)24-13-25-43(44)46(38-28-26-32-14-7-9-16-34(32)30-38)39-29-27-33-15-8-10-17-35(33)31-39/h1-31H. The SMILES string of the molecule is c1ccc(C2(c3ccccc3)c3ccccc3-c3c(N(c4ccc5ccccc5c4)c4ccc5ccccc5c4)cccc32)cc1. The Morgan fingerprint density at radius 1 is 0.348 bits per heavy atom. The van der Waals surface area contributed by atoms with E-state index in [0.717, 1.165) is 11.4 Å². The number of fused-ring (bicyclic) bond motifs is 5. The molecule has 0 N–H and O–H groups in total. The van der Waals surface area contributed by atoms with Crippen molar-refractivity contribution in [1.29, 1.82) is 0 Å². The maximum Gasteiger partial charge on any atom is 0.0714 e. The molecule has 1 heteroatoms. The van der Waals surface area contributed by atoms with E-state index in [1.807, 2.05) is 0 Å². The van der Waals surface area contributed by atoms with Crippen LogP contribution >= 0.6 is 0 Å². The third-order valence-corrected chi connectivity index (χ3v) is 9.68. The molecule has 8 aromatic rings.